The van der Waals surface area contributed by atoms with Crippen LogP contribution in [0.3, 0.4) is 0 Å². The minimum Gasteiger partial charge on any atom is -0.497 e. The van der Waals surface area contributed by atoms with Crippen molar-refractivity contribution in [3.05, 3.63) is 77.4 Å². The molecule has 0 saturated carbocycles. The number of rotatable bonds is 9. The molecule has 0 bridgehead atoms. The maximum Gasteiger partial charge on any atom is 0.226 e. The maximum atomic E-state index is 12.7. The van der Waals surface area contributed by atoms with Crippen LogP contribution >= 0.6 is 0 Å². The molecule has 2 aromatic carbocycles. The molecule has 8 heteroatoms. The fourth-order valence-corrected chi connectivity index (χ4v) is 3.85. The van der Waals surface area contributed by atoms with Gasteiger partial charge in [-0.15, -0.1) is 0 Å². The summed E-state index contributed by atoms with van der Waals surface area (Å²) < 4.78 is 12.5. The number of carbonyl (C=O) groups excluding carboxylic acids is 1. The molecule has 0 N–H and O–H groups in total. The number of amides is 1. The number of methoxy groups -OCH3 is 1. The molecule has 0 radical (unpaired) electrons. The number of para-hydroxylation sites is 1. The van der Waals surface area contributed by atoms with Gasteiger partial charge in [0.15, 0.2) is 0 Å². The monoisotopic (exact) mass is 459 g/mol. The lowest BCUT2D eigenvalue weighted by atomic mass is 10.1. The zero-order chi connectivity index (χ0) is 24.1. The van der Waals surface area contributed by atoms with E-state index in [4.69, 9.17) is 9.26 Å². The number of aromatic nitrogens is 4. The van der Waals surface area contributed by atoms with Crippen LogP contribution in [0.1, 0.15) is 35.7 Å². The molecule has 0 unspecified atom stereocenters. The lowest BCUT2D eigenvalue weighted by Crippen LogP contribution is -2.26. The third-order valence-corrected chi connectivity index (χ3v) is 5.86. The summed E-state index contributed by atoms with van der Waals surface area (Å²) in [5.41, 5.74) is 4.91. The van der Waals surface area contributed by atoms with Crippen molar-refractivity contribution in [3.8, 4) is 22.8 Å². The van der Waals surface area contributed by atoms with Gasteiger partial charge in [-0.05, 0) is 56.7 Å². The molecule has 34 heavy (non-hydrogen) atoms. The second-order valence-corrected chi connectivity index (χ2v) is 8.24. The predicted octanol–water partition coefficient (Wildman–Crippen LogP) is 4.53. The number of hydrogen-bond acceptors (Lipinski definition) is 6. The summed E-state index contributed by atoms with van der Waals surface area (Å²) in [7, 11) is 3.45. The Bertz CT molecular complexity index is 1250. The first-order chi connectivity index (χ1) is 16.5. The van der Waals surface area contributed by atoms with E-state index in [-0.39, 0.29) is 5.91 Å². The van der Waals surface area contributed by atoms with E-state index in [2.05, 4.69) is 15.2 Å². The van der Waals surface area contributed by atoms with E-state index >= 15 is 0 Å². The maximum absolute atomic E-state index is 12.7. The van der Waals surface area contributed by atoms with E-state index < -0.39 is 0 Å². The van der Waals surface area contributed by atoms with Gasteiger partial charge in [-0.3, -0.25) is 4.79 Å². The lowest BCUT2D eigenvalue weighted by Gasteiger charge is -2.17. The topological polar surface area (TPSA) is 86.3 Å². The summed E-state index contributed by atoms with van der Waals surface area (Å²) in [4.78, 5) is 18.9. The molecular weight excluding hydrogens is 430 g/mol. The molecule has 0 fully saturated rings. The van der Waals surface area contributed by atoms with Gasteiger partial charge in [-0.25, -0.2) is 4.68 Å². The van der Waals surface area contributed by atoms with Gasteiger partial charge in [-0.1, -0.05) is 23.4 Å². The van der Waals surface area contributed by atoms with Gasteiger partial charge in [0, 0.05) is 43.3 Å². The highest BCUT2D eigenvalue weighted by molar-refractivity contribution is 5.75. The molecule has 4 aromatic rings. The smallest absolute Gasteiger partial charge is 0.226 e. The highest BCUT2D eigenvalue weighted by Crippen LogP contribution is 2.21. The number of benzene rings is 2. The van der Waals surface area contributed by atoms with Crippen LogP contribution < -0.4 is 4.74 Å². The number of nitrogens with zero attached hydrogens (tertiary/aromatic N) is 5. The van der Waals surface area contributed by atoms with E-state index in [0.29, 0.717) is 37.5 Å². The van der Waals surface area contributed by atoms with Gasteiger partial charge in [0.25, 0.3) is 0 Å². The molecule has 4 rings (SSSR count). The Morgan fingerprint density at radius 1 is 1.09 bits per heavy atom. The SMILES string of the molecule is COc1ccc(-c2noc(CCCC(=O)N(C)Cc3c(C)nn(-c4ccccc4)c3C)n2)cc1. The van der Waals surface area contributed by atoms with Crippen molar-refractivity contribution in [1.29, 1.82) is 0 Å². The molecule has 1 amide bonds. The van der Waals surface area contributed by atoms with E-state index in [0.717, 1.165) is 34.0 Å². The largest absolute Gasteiger partial charge is 0.497 e. The van der Waals surface area contributed by atoms with Crippen molar-refractivity contribution in [2.75, 3.05) is 14.2 Å². The van der Waals surface area contributed by atoms with Gasteiger partial charge < -0.3 is 14.2 Å². The Morgan fingerprint density at radius 3 is 2.53 bits per heavy atom. The van der Waals surface area contributed by atoms with Crippen LogP contribution in [0.5, 0.6) is 5.75 Å². The minimum atomic E-state index is 0.0705. The Morgan fingerprint density at radius 2 is 1.82 bits per heavy atom. The third-order valence-electron chi connectivity index (χ3n) is 5.86. The summed E-state index contributed by atoms with van der Waals surface area (Å²) in [5, 5.41) is 8.72. The summed E-state index contributed by atoms with van der Waals surface area (Å²) >= 11 is 0. The highest BCUT2D eigenvalue weighted by Gasteiger charge is 2.17. The van der Waals surface area contributed by atoms with Crippen LogP contribution in [-0.4, -0.2) is 44.9 Å². The fraction of sp³-hybridized carbons (Fsp3) is 0.308. The van der Waals surface area contributed by atoms with E-state index in [9.17, 15) is 4.79 Å². The molecule has 0 aliphatic heterocycles. The second kappa shape index (κ2) is 10.3. The first kappa shape index (κ1) is 23.2. The number of carbonyl (C=O) groups is 1. The summed E-state index contributed by atoms with van der Waals surface area (Å²) in [6, 6.07) is 17.5. The van der Waals surface area contributed by atoms with Gasteiger partial charge in [0.2, 0.25) is 17.6 Å². The molecule has 0 saturated heterocycles. The average molecular weight is 460 g/mol. The Balaban J connectivity index is 1.31. The molecule has 0 spiro atoms. The van der Waals surface area contributed by atoms with Crippen LogP contribution in [0.2, 0.25) is 0 Å². The number of hydrogen-bond donors (Lipinski definition) is 0. The molecular formula is C26H29N5O3. The number of aryl methyl sites for hydroxylation is 2. The number of ether oxygens (including phenoxy) is 1. The molecule has 0 aliphatic rings. The summed E-state index contributed by atoms with van der Waals surface area (Å²) in [5.74, 6) is 1.90. The standard InChI is InChI=1S/C26H29N5O3/c1-18-23(19(2)31(28-18)21-9-6-5-7-10-21)17-30(3)25(32)12-8-11-24-27-26(29-34-24)20-13-15-22(33-4)16-14-20/h5-7,9-10,13-16H,8,11-12,17H2,1-4H3. The van der Waals surface area contributed by atoms with Crippen molar-refractivity contribution >= 4 is 5.91 Å². The van der Waals surface area contributed by atoms with Crippen LogP contribution in [0.25, 0.3) is 17.1 Å². The minimum absolute atomic E-state index is 0.0705. The Kier molecular flexibility index (Phi) is 7.06. The molecule has 8 nitrogen and oxygen atoms in total. The third kappa shape index (κ3) is 5.17. The van der Waals surface area contributed by atoms with Crippen LogP contribution in [0.4, 0.5) is 0 Å². The van der Waals surface area contributed by atoms with Gasteiger partial charge >= 0.3 is 0 Å². The summed E-state index contributed by atoms with van der Waals surface area (Å²) in [6.45, 7) is 4.54. The second-order valence-electron chi connectivity index (χ2n) is 8.24. The first-order valence-corrected chi connectivity index (χ1v) is 11.3. The van der Waals surface area contributed by atoms with Crippen LogP contribution in [0, 0.1) is 13.8 Å². The van der Waals surface area contributed by atoms with E-state index in [1.807, 2.05) is 80.2 Å². The van der Waals surface area contributed by atoms with E-state index in [1.165, 1.54) is 0 Å². The Hall–Kier alpha value is -3.94. The first-order valence-electron chi connectivity index (χ1n) is 11.3. The van der Waals surface area contributed by atoms with Crippen molar-refractivity contribution in [2.45, 2.75) is 39.7 Å². The zero-order valence-corrected chi connectivity index (χ0v) is 20.0. The van der Waals surface area contributed by atoms with Crippen molar-refractivity contribution < 1.29 is 14.1 Å². The molecule has 0 aliphatic carbocycles. The van der Waals surface area contributed by atoms with E-state index in [1.54, 1.807) is 12.0 Å². The Labute approximate surface area is 199 Å². The van der Waals surface area contributed by atoms with Crippen molar-refractivity contribution in [3.63, 3.8) is 0 Å². The van der Waals surface area contributed by atoms with Crippen LogP contribution in [0.15, 0.2) is 59.1 Å². The highest BCUT2D eigenvalue weighted by atomic mass is 16.5. The molecule has 2 heterocycles. The lowest BCUT2D eigenvalue weighted by molar-refractivity contribution is -0.130. The zero-order valence-electron chi connectivity index (χ0n) is 20.0. The molecule has 2 aromatic heterocycles. The summed E-state index contributed by atoms with van der Waals surface area (Å²) in [6.07, 6.45) is 1.59. The van der Waals surface area contributed by atoms with Crippen molar-refractivity contribution in [2.24, 2.45) is 0 Å². The van der Waals surface area contributed by atoms with Crippen LogP contribution in [-0.2, 0) is 17.8 Å². The normalized spacial score (nSPS) is 10.9. The molecule has 0 atom stereocenters. The van der Waals surface area contributed by atoms with Gasteiger partial charge in [0.1, 0.15) is 5.75 Å². The van der Waals surface area contributed by atoms with Gasteiger partial charge in [-0.2, -0.15) is 10.1 Å². The molecule has 176 valence electrons. The average Bonchev–Trinajstić information content (AvgIpc) is 3.44. The fourth-order valence-electron chi connectivity index (χ4n) is 3.85. The van der Waals surface area contributed by atoms with Crippen molar-refractivity contribution in [1.82, 2.24) is 24.8 Å². The van der Waals surface area contributed by atoms with Gasteiger partial charge in [0.05, 0.1) is 18.5 Å². The quantitative estimate of drug-likeness (QED) is 0.366. The predicted molar refractivity (Wildman–Crippen MR) is 129 cm³/mol.